The van der Waals surface area contributed by atoms with E-state index in [-0.39, 0.29) is 46.9 Å². The number of nitrogens with zero attached hydrogens (tertiary/aromatic N) is 2. The third-order valence-corrected chi connectivity index (χ3v) is 7.53. The van der Waals surface area contributed by atoms with E-state index in [1.54, 1.807) is 30.2 Å². The van der Waals surface area contributed by atoms with Crippen molar-refractivity contribution >= 4 is 29.1 Å². The highest BCUT2D eigenvalue weighted by molar-refractivity contribution is 6.33. The molecule has 184 valence electrons. The molecule has 1 aliphatic carbocycles. The van der Waals surface area contributed by atoms with E-state index < -0.39 is 5.67 Å². The number of rotatable bonds is 5. The van der Waals surface area contributed by atoms with Gasteiger partial charge in [-0.2, -0.15) is 0 Å². The van der Waals surface area contributed by atoms with Gasteiger partial charge < -0.3 is 24.4 Å². The highest BCUT2D eigenvalue weighted by Gasteiger charge is 2.46. The van der Waals surface area contributed by atoms with Gasteiger partial charge in [0.1, 0.15) is 36.3 Å². The molecule has 0 spiro atoms. The van der Waals surface area contributed by atoms with Crippen LogP contribution in [-0.2, 0) is 11.2 Å². The molecule has 6 rings (SSSR count). The number of benzene rings is 1. The molecule has 0 bridgehead atoms. The van der Waals surface area contributed by atoms with E-state index >= 15 is 0 Å². The molecule has 10 heteroatoms. The lowest BCUT2D eigenvalue weighted by molar-refractivity contribution is -0.116. The van der Waals surface area contributed by atoms with Crippen LogP contribution in [0.1, 0.15) is 47.2 Å². The Bertz CT molecular complexity index is 1230. The number of anilines is 1. The van der Waals surface area contributed by atoms with Crippen molar-refractivity contribution in [3.63, 3.8) is 0 Å². The Morgan fingerprint density at radius 1 is 1.31 bits per heavy atom. The summed E-state index contributed by atoms with van der Waals surface area (Å²) in [5.74, 6) is 0.655. The van der Waals surface area contributed by atoms with Gasteiger partial charge in [-0.15, -0.1) is 0 Å². The van der Waals surface area contributed by atoms with Crippen LogP contribution in [0.3, 0.4) is 0 Å². The first kappa shape index (κ1) is 22.4. The van der Waals surface area contributed by atoms with Crippen molar-refractivity contribution in [1.82, 2.24) is 9.88 Å². The Labute approximate surface area is 206 Å². The van der Waals surface area contributed by atoms with Crippen LogP contribution in [0.25, 0.3) is 0 Å². The second kappa shape index (κ2) is 8.26. The minimum Gasteiger partial charge on any atom is -0.490 e. The maximum atomic E-state index is 14.3. The zero-order chi connectivity index (χ0) is 24.3. The number of amides is 2. The fraction of sp³-hybridized carbons (Fsp3) is 0.480. The Kier molecular flexibility index (Phi) is 5.28. The van der Waals surface area contributed by atoms with E-state index in [4.69, 9.17) is 25.8 Å². The highest BCUT2D eigenvalue weighted by atomic mass is 35.5. The minimum atomic E-state index is -1.36. The van der Waals surface area contributed by atoms with Crippen molar-refractivity contribution in [2.75, 3.05) is 25.1 Å². The van der Waals surface area contributed by atoms with E-state index in [9.17, 15) is 14.0 Å². The van der Waals surface area contributed by atoms with Crippen molar-refractivity contribution in [1.29, 1.82) is 0 Å². The topological polar surface area (TPSA) is 90.0 Å². The third-order valence-electron chi connectivity index (χ3n) is 7.06. The Hall–Kier alpha value is -3.07. The number of aromatic nitrogens is 1. The first-order valence-electron chi connectivity index (χ1n) is 11.8. The molecule has 35 heavy (non-hydrogen) atoms. The largest absolute Gasteiger partial charge is 0.490 e. The van der Waals surface area contributed by atoms with Crippen LogP contribution in [0.2, 0.25) is 5.02 Å². The first-order valence-corrected chi connectivity index (χ1v) is 12.2. The number of hydrogen-bond acceptors (Lipinski definition) is 6. The summed E-state index contributed by atoms with van der Waals surface area (Å²) in [6, 6.07) is 3.25. The number of carbonyl (C=O) groups is 2. The van der Waals surface area contributed by atoms with Crippen LogP contribution in [0, 0.1) is 6.92 Å². The minimum absolute atomic E-state index is 0.0300. The zero-order valence-electron chi connectivity index (χ0n) is 19.2. The van der Waals surface area contributed by atoms with E-state index in [1.807, 2.05) is 0 Å². The van der Waals surface area contributed by atoms with Gasteiger partial charge in [-0.05, 0) is 43.4 Å². The van der Waals surface area contributed by atoms with Crippen molar-refractivity contribution < 1.29 is 28.2 Å². The fourth-order valence-corrected chi connectivity index (χ4v) is 5.04. The van der Waals surface area contributed by atoms with Crippen molar-refractivity contribution in [2.24, 2.45) is 0 Å². The first-order chi connectivity index (χ1) is 16.8. The Morgan fingerprint density at radius 2 is 2.14 bits per heavy atom. The van der Waals surface area contributed by atoms with Gasteiger partial charge in [0.05, 0.1) is 23.3 Å². The predicted molar refractivity (Wildman–Crippen MR) is 125 cm³/mol. The summed E-state index contributed by atoms with van der Waals surface area (Å²) in [5.41, 5.74) is 1.25. The number of ether oxygens (including phenoxy) is 3. The Morgan fingerprint density at radius 3 is 2.94 bits per heavy atom. The molecule has 1 N–H and O–H groups in total. The maximum absolute atomic E-state index is 14.3. The molecule has 0 unspecified atom stereocenters. The smallest absolute Gasteiger partial charge is 0.261 e. The highest BCUT2D eigenvalue weighted by Crippen LogP contribution is 2.45. The van der Waals surface area contributed by atoms with Crippen molar-refractivity contribution in [3.8, 4) is 17.4 Å². The normalized spacial score (nSPS) is 23.9. The summed E-state index contributed by atoms with van der Waals surface area (Å²) in [6.45, 7) is 2.27. The van der Waals surface area contributed by atoms with Gasteiger partial charge in [-0.25, -0.2) is 9.37 Å². The van der Waals surface area contributed by atoms with E-state index in [1.165, 1.54) is 0 Å². The van der Waals surface area contributed by atoms with Gasteiger partial charge in [0.15, 0.2) is 5.75 Å². The van der Waals surface area contributed by atoms with Gasteiger partial charge in [-0.1, -0.05) is 11.6 Å². The Balaban J connectivity index is 1.23. The molecule has 2 aromatic rings. The molecule has 2 fully saturated rings. The quantitative estimate of drug-likeness (QED) is 0.669. The molecule has 4 aliphatic rings. The van der Waals surface area contributed by atoms with Crippen LogP contribution in [-0.4, -0.2) is 59.3 Å². The van der Waals surface area contributed by atoms with Crippen molar-refractivity contribution in [3.05, 3.63) is 40.0 Å². The second-order valence-corrected chi connectivity index (χ2v) is 10.2. The number of alkyl halides is 1. The lowest BCUT2D eigenvalue weighted by atomic mass is 10.1. The third kappa shape index (κ3) is 4.16. The summed E-state index contributed by atoms with van der Waals surface area (Å²) in [6.07, 6.45) is 3.95. The van der Waals surface area contributed by atoms with Gasteiger partial charge in [-0.3, -0.25) is 9.59 Å². The second-order valence-electron chi connectivity index (χ2n) is 9.78. The number of fused-ring (bicyclic) bond motifs is 3. The van der Waals surface area contributed by atoms with E-state index in [0.29, 0.717) is 68.1 Å². The maximum Gasteiger partial charge on any atom is 0.261 e. The van der Waals surface area contributed by atoms with Crippen LogP contribution < -0.4 is 19.5 Å². The van der Waals surface area contributed by atoms with Gasteiger partial charge in [0.2, 0.25) is 11.8 Å². The van der Waals surface area contributed by atoms with Gasteiger partial charge >= 0.3 is 0 Å². The molecular formula is C25H25ClFN3O5. The molecule has 0 radical (unpaired) electrons. The monoisotopic (exact) mass is 501 g/mol. The van der Waals surface area contributed by atoms with E-state index in [2.05, 4.69) is 10.3 Å². The average molecular weight is 502 g/mol. The molecule has 1 saturated heterocycles. The summed E-state index contributed by atoms with van der Waals surface area (Å²) in [7, 11) is 0. The van der Waals surface area contributed by atoms with Crippen LogP contribution >= 0.6 is 11.6 Å². The van der Waals surface area contributed by atoms with Gasteiger partial charge in [0.25, 0.3) is 5.91 Å². The van der Waals surface area contributed by atoms with Crippen LogP contribution in [0.5, 0.6) is 17.4 Å². The molecule has 2 atom stereocenters. The molecule has 2 amide bonds. The SMILES string of the molecule is Cc1cc2c(c(OCC3(F)CC3)c1Cl)C(=O)N1C[C@@H](Oc3cc4c(cn3)CCC(=O)N4)C[C@@H]1CO2. The summed E-state index contributed by atoms with van der Waals surface area (Å²) < 4.78 is 32.2. The average Bonchev–Trinajstić information content (AvgIpc) is 3.46. The molecular weight excluding hydrogens is 477 g/mol. The molecule has 1 aromatic heterocycles. The van der Waals surface area contributed by atoms with Gasteiger partial charge in [0, 0.05) is 25.1 Å². The summed E-state index contributed by atoms with van der Waals surface area (Å²) in [5, 5.41) is 3.14. The fourth-order valence-electron chi connectivity index (χ4n) is 4.84. The molecule has 1 saturated carbocycles. The number of nitrogens with one attached hydrogen (secondary N) is 1. The summed E-state index contributed by atoms with van der Waals surface area (Å²) in [4.78, 5) is 31.5. The number of aryl methyl sites for hydroxylation is 2. The van der Waals surface area contributed by atoms with E-state index in [0.717, 1.165) is 5.56 Å². The molecule has 1 aromatic carbocycles. The molecule has 3 aliphatic heterocycles. The zero-order valence-corrected chi connectivity index (χ0v) is 20.0. The van der Waals surface area contributed by atoms with Crippen LogP contribution in [0.15, 0.2) is 18.3 Å². The summed E-state index contributed by atoms with van der Waals surface area (Å²) >= 11 is 6.51. The number of carbonyl (C=O) groups excluding carboxylic acids is 2. The van der Waals surface area contributed by atoms with Crippen LogP contribution in [0.4, 0.5) is 10.1 Å². The lowest BCUT2D eigenvalue weighted by Crippen LogP contribution is -2.37. The molecule has 8 nitrogen and oxygen atoms in total. The lowest BCUT2D eigenvalue weighted by Gasteiger charge is -2.22. The number of halogens is 2. The standard InChI is InChI=1S/C25H25ClFN3O5/c1-13-6-18-21(23(22(13)26)34-12-25(27)4-5-25)24(32)30-10-16(7-15(30)11-33-18)35-20-8-17-14(9-28-20)2-3-19(31)29-17/h6,8-9,15-16H,2-5,7,10-12H2,1H3,(H,29,31)/t15-,16+/m1/s1. The number of pyridine rings is 1. The van der Waals surface area contributed by atoms with Crippen molar-refractivity contribution in [2.45, 2.75) is 56.8 Å². The molecule has 4 heterocycles. The number of hydrogen-bond donors (Lipinski definition) is 1. The predicted octanol–water partition coefficient (Wildman–Crippen LogP) is 3.86.